The largest absolute Gasteiger partial charge is 0.394 e. The van der Waals surface area contributed by atoms with Gasteiger partial charge in [-0.2, -0.15) is 0 Å². The van der Waals surface area contributed by atoms with Gasteiger partial charge in [0.15, 0.2) is 17.9 Å². The van der Waals surface area contributed by atoms with Gasteiger partial charge in [-0.15, -0.1) is 0 Å². The summed E-state index contributed by atoms with van der Waals surface area (Å²) in [5.74, 6) is 0.118. The second-order valence-corrected chi connectivity index (χ2v) is 4.62. The number of aromatic nitrogens is 3. The Morgan fingerprint density at radius 1 is 1.60 bits per heavy atom. The van der Waals surface area contributed by atoms with Crippen molar-refractivity contribution in [3.05, 3.63) is 22.7 Å². The first-order chi connectivity index (χ1) is 9.52. The lowest BCUT2D eigenvalue weighted by Crippen LogP contribution is -2.29. The normalized spacial score (nSPS) is 30.1. The molecule has 0 unspecified atom stereocenters. The third-order valence-corrected chi connectivity index (χ3v) is 3.34. The summed E-state index contributed by atoms with van der Waals surface area (Å²) < 4.78 is 20.3. The first-order valence-electron chi connectivity index (χ1n) is 5.96. The molecule has 0 spiro atoms. The van der Waals surface area contributed by atoms with E-state index in [9.17, 15) is 14.3 Å². The number of hydrogen-bond donors (Lipinski definition) is 4. The first-order valence-corrected chi connectivity index (χ1v) is 5.96. The van der Waals surface area contributed by atoms with Crippen molar-refractivity contribution in [1.29, 1.82) is 0 Å². The molecule has 1 aliphatic rings. The second-order valence-electron chi connectivity index (χ2n) is 4.62. The van der Waals surface area contributed by atoms with Gasteiger partial charge in [-0.1, -0.05) is 0 Å². The zero-order valence-corrected chi connectivity index (χ0v) is 10.2. The summed E-state index contributed by atoms with van der Waals surface area (Å²) >= 11 is 0. The van der Waals surface area contributed by atoms with Crippen LogP contribution in [0, 0.1) is 0 Å². The summed E-state index contributed by atoms with van der Waals surface area (Å²) in [6, 6.07) is 1.44. The van der Waals surface area contributed by atoms with E-state index in [1.54, 1.807) is 0 Å². The molecule has 0 amide bonds. The molecule has 108 valence electrons. The molecule has 0 radical (unpaired) electrons. The van der Waals surface area contributed by atoms with Crippen LogP contribution in [0.25, 0.3) is 11.0 Å². The minimum atomic E-state index is -1.72. The number of fused-ring (bicyclic) bond motifs is 1. The number of pyridine rings is 1. The highest BCUT2D eigenvalue weighted by molar-refractivity contribution is 5.76. The van der Waals surface area contributed by atoms with Gasteiger partial charge in [-0.3, -0.25) is 4.79 Å². The molecule has 9 heteroatoms. The Labute approximate surface area is 111 Å². The van der Waals surface area contributed by atoms with Crippen LogP contribution >= 0.6 is 0 Å². The van der Waals surface area contributed by atoms with E-state index < -0.39 is 36.8 Å². The summed E-state index contributed by atoms with van der Waals surface area (Å²) in [6.45, 7) is -0.552. The van der Waals surface area contributed by atoms with E-state index in [4.69, 9.17) is 15.6 Å². The summed E-state index contributed by atoms with van der Waals surface area (Å²) in [6.07, 6.45) is -4.12. The van der Waals surface area contributed by atoms with Gasteiger partial charge >= 0.3 is 0 Å². The van der Waals surface area contributed by atoms with E-state index in [0.29, 0.717) is 5.52 Å². The number of halogens is 1. The lowest BCUT2D eigenvalue weighted by Gasteiger charge is -2.16. The Morgan fingerprint density at radius 2 is 2.35 bits per heavy atom. The van der Waals surface area contributed by atoms with Crippen molar-refractivity contribution >= 4 is 16.9 Å². The number of imidazole rings is 1. The van der Waals surface area contributed by atoms with Crippen molar-refractivity contribution in [2.75, 3.05) is 12.3 Å². The van der Waals surface area contributed by atoms with E-state index in [1.807, 2.05) is 0 Å². The van der Waals surface area contributed by atoms with Crippen molar-refractivity contribution in [2.45, 2.75) is 24.6 Å². The van der Waals surface area contributed by atoms with Crippen LogP contribution in [0.1, 0.15) is 6.23 Å². The highest BCUT2D eigenvalue weighted by Crippen LogP contribution is 2.33. The highest BCUT2D eigenvalue weighted by Gasteiger charge is 2.45. The van der Waals surface area contributed by atoms with Crippen molar-refractivity contribution in [2.24, 2.45) is 0 Å². The molecule has 4 atom stereocenters. The van der Waals surface area contributed by atoms with Gasteiger partial charge in [0.05, 0.1) is 18.5 Å². The number of ether oxygens (including phenoxy) is 1. The Hall–Kier alpha value is -1.97. The average Bonchev–Trinajstić information content (AvgIpc) is 2.93. The summed E-state index contributed by atoms with van der Waals surface area (Å²) in [7, 11) is 0. The smallest absolute Gasteiger partial charge is 0.277 e. The number of aliphatic hydroxyl groups excluding tert-OH is 2. The monoisotopic (exact) mass is 284 g/mol. The molecule has 8 nitrogen and oxygen atoms in total. The number of nitrogens with zero attached hydrogens (tertiary/aromatic N) is 2. The molecule has 2 aromatic heterocycles. The number of hydrogen-bond acceptors (Lipinski definition) is 6. The minimum Gasteiger partial charge on any atom is -0.394 e. The fraction of sp³-hybridized carbons (Fsp3) is 0.455. The van der Waals surface area contributed by atoms with Crippen LogP contribution in [0.15, 0.2) is 17.2 Å². The van der Waals surface area contributed by atoms with Gasteiger partial charge in [-0.05, 0) is 0 Å². The molecular formula is C11H13FN4O4. The number of nitrogens with one attached hydrogen (secondary N) is 1. The standard InChI is InChI=1S/C11H13FN4O4/c12-7-5(2-17)20-11(9(7)18)16-3-14-8-4(16)1-6(13)15-10(8)19/h1,3,5,7,9,11,17-18H,2H2,(H3,13,15,19)/t5-,7-,9-,11-/m1/s1. The number of H-pyrrole nitrogens is 1. The number of nitrogens with two attached hydrogens (primary N) is 1. The number of alkyl halides is 1. The first kappa shape index (κ1) is 13.0. The molecule has 20 heavy (non-hydrogen) atoms. The molecule has 3 rings (SSSR count). The predicted octanol–water partition coefficient (Wildman–Crippen LogP) is -1.10. The summed E-state index contributed by atoms with van der Waals surface area (Å²) in [5, 5.41) is 18.8. The average molecular weight is 284 g/mol. The van der Waals surface area contributed by atoms with Gasteiger partial charge in [0.1, 0.15) is 18.0 Å². The topological polar surface area (TPSA) is 126 Å². The molecule has 0 aliphatic carbocycles. The zero-order chi connectivity index (χ0) is 14.4. The van der Waals surface area contributed by atoms with Crippen LogP contribution in [0.4, 0.5) is 10.2 Å². The van der Waals surface area contributed by atoms with Gasteiger partial charge in [0, 0.05) is 6.07 Å². The number of anilines is 1. The van der Waals surface area contributed by atoms with Crippen LogP contribution in [-0.4, -0.2) is 49.7 Å². The molecule has 1 aliphatic heterocycles. The summed E-state index contributed by atoms with van der Waals surface area (Å²) in [5.41, 5.74) is 5.50. The van der Waals surface area contributed by atoms with Crippen molar-refractivity contribution in [1.82, 2.24) is 14.5 Å². The lowest BCUT2D eigenvalue weighted by molar-refractivity contribution is -0.0493. The minimum absolute atomic E-state index is 0.109. The SMILES string of the molecule is Nc1cc2c(ncn2[C@@H]2O[C@H](CO)[C@@H](F)[C@H]2O)c(=O)[nH]1. The molecule has 5 N–H and O–H groups in total. The van der Waals surface area contributed by atoms with Crippen LogP contribution in [0.2, 0.25) is 0 Å². The molecule has 1 fully saturated rings. The van der Waals surface area contributed by atoms with Gasteiger partial charge < -0.3 is 30.2 Å². The van der Waals surface area contributed by atoms with Crippen molar-refractivity contribution in [3.8, 4) is 0 Å². The van der Waals surface area contributed by atoms with Crippen LogP contribution in [0.5, 0.6) is 0 Å². The van der Waals surface area contributed by atoms with E-state index in [-0.39, 0.29) is 11.3 Å². The molecule has 0 bridgehead atoms. The molecule has 2 aromatic rings. The number of aromatic amines is 1. The maximum Gasteiger partial charge on any atom is 0.277 e. The fourth-order valence-corrected chi connectivity index (χ4v) is 2.35. The third kappa shape index (κ3) is 1.79. The maximum atomic E-state index is 13.7. The van der Waals surface area contributed by atoms with E-state index in [2.05, 4.69) is 9.97 Å². The van der Waals surface area contributed by atoms with Crippen LogP contribution in [0.3, 0.4) is 0 Å². The van der Waals surface area contributed by atoms with Crippen molar-refractivity contribution in [3.63, 3.8) is 0 Å². The third-order valence-electron chi connectivity index (χ3n) is 3.34. The molecule has 3 heterocycles. The second kappa shape index (κ2) is 4.54. The predicted molar refractivity (Wildman–Crippen MR) is 66.7 cm³/mol. The van der Waals surface area contributed by atoms with Gasteiger partial charge in [0.25, 0.3) is 5.56 Å². The van der Waals surface area contributed by atoms with Crippen LogP contribution in [-0.2, 0) is 4.74 Å². The highest BCUT2D eigenvalue weighted by atomic mass is 19.1. The van der Waals surface area contributed by atoms with Crippen LogP contribution < -0.4 is 11.3 Å². The molecule has 1 saturated heterocycles. The fourth-order valence-electron chi connectivity index (χ4n) is 2.35. The van der Waals surface area contributed by atoms with Crippen molar-refractivity contribution < 1.29 is 19.3 Å². The molecule has 0 aromatic carbocycles. The Kier molecular flexibility index (Phi) is 2.96. The molecular weight excluding hydrogens is 271 g/mol. The Balaban J connectivity index is 2.09. The Bertz CT molecular complexity index is 699. The van der Waals surface area contributed by atoms with E-state index in [0.717, 1.165) is 0 Å². The zero-order valence-electron chi connectivity index (χ0n) is 10.2. The number of rotatable bonds is 2. The van der Waals surface area contributed by atoms with Gasteiger partial charge in [-0.25, -0.2) is 9.37 Å². The summed E-state index contributed by atoms with van der Waals surface area (Å²) in [4.78, 5) is 18.0. The van der Waals surface area contributed by atoms with Gasteiger partial charge in [0.2, 0.25) is 0 Å². The lowest BCUT2D eigenvalue weighted by atomic mass is 10.1. The van der Waals surface area contributed by atoms with E-state index in [1.165, 1.54) is 17.0 Å². The quantitative estimate of drug-likeness (QED) is 0.554. The van der Waals surface area contributed by atoms with E-state index >= 15 is 0 Å². The Morgan fingerprint density at radius 3 is 3.00 bits per heavy atom. The number of nitrogen functional groups attached to an aromatic ring is 1. The molecule has 0 saturated carbocycles. The number of aliphatic hydroxyl groups is 2. The maximum absolute atomic E-state index is 13.7.